The van der Waals surface area contributed by atoms with Crippen LogP contribution in [0, 0.1) is 6.92 Å². The van der Waals surface area contributed by atoms with Crippen molar-refractivity contribution in [3.05, 3.63) is 34.9 Å². The molecule has 2 rings (SSSR count). The summed E-state index contributed by atoms with van der Waals surface area (Å²) < 4.78 is 0. The van der Waals surface area contributed by atoms with Gasteiger partial charge in [-0.3, -0.25) is 0 Å². The van der Waals surface area contributed by atoms with Crippen LogP contribution in [0.25, 0.3) is 0 Å². The lowest BCUT2D eigenvalue weighted by Crippen LogP contribution is -2.17. The zero-order chi connectivity index (χ0) is 9.97. The molecule has 0 bridgehead atoms. The van der Waals surface area contributed by atoms with Gasteiger partial charge >= 0.3 is 0 Å². The van der Waals surface area contributed by atoms with Crippen LogP contribution in [0.1, 0.15) is 29.2 Å². The minimum Gasteiger partial charge on any atom is -0.313 e. The normalized spacial score (nSPS) is 21.4. The molecule has 1 atom stereocenters. The maximum absolute atomic E-state index is 3.41. The predicted octanol–water partition coefficient (Wildman–Crippen LogP) is 2.89. The highest BCUT2D eigenvalue weighted by Crippen LogP contribution is 2.30. The Hall–Kier alpha value is -0.470. The van der Waals surface area contributed by atoms with Gasteiger partial charge in [-0.25, -0.2) is 0 Å². The molecule has 1 N–H and O–H groups in total. The molecule has 1 nitrogen and oxygen atoms in total. The van der Waals surface area contributed by atoms with E-state index in [2.05, 4.69) is 37.5 Å². The molecule has 0 aliphatic carbocycles. The quantitative estimate of drug-likeness (QED) is 0.760. The summed E-state index contributed by atoms with van der Waals surface area (Å²) >= 11 is 2.04. The van der Waals surface area contributed by atoms with E-state index in [0.717, 1.165) is 0 Å². The van der Waals surface area contributed by atoms with Crippen LogP contribution in [0.2, 0.25) is 0 Å². The Balaban J connectivity index is 2.40. The van der Waals surface area contributed by atoms with Crippen LogP contribution in [0.15, 0.2) is 18.2 Å². The van der Waals surface area contributed by atoms with E-state index in [1.807, 2.05) is 11.8 Å². The lowest BCUT2D eigenvalue weighted by molar-refractivity contribution is 0.581. The molecule has 1 aliphatic rings. The van der Waals surface area contributed by atoms with Gasteiger partial charge < -0.3 is 5.32 Å². The molecule has 1 aromatic rings. The van der Waals surface area contributed by atoms with Gasteiger partial charge in [-0.1, -0.05) is 23.8 Å². The fraction of sp³-hybridized carbons (Fsp3) is 0.500. The minimum absolute atomic E-state index is 0.555. The Morgan fingerprint density at radius 1 is 1.43 bits per heavy atom. The predicted molar refractivity (Wildman–Crippen MR) is 63.8 cm³/mol. The number of nitrogens with one attached hydrogen (secondary N) is 1. The molecule has 0 saturated heterocycles. The summed E-state index contributed by atoms with van der Waals surface area (Å²) in [7, 11) is 2.06. The zero-order valence-electron chi connectivity index (χ0n) is 8.84. The highest BCUT2D eigenvalue weighted by Gasteiger charge is 2.16. The molecular weight excluding hydrogens is 190 g/mol. The molecule has 0 aromatic heterocycles. The number of hydrogen-bond acceptors (Lipinski definition) is 2. The van der Waals surface area contributed by atoms with Crippen molar-refractivity contribution in [2.24, 2.45) is 0 Å². The van der Waals surface area contributed by atoms with E-state index in [1.165, 1.54) is 34.6 Å². The third-order valence-electron chi connectivity index (χ3n) is 2.83. The number of thioether (sulfide) groups is 1. The van der Waals surface area contributed by atoms with E-state index >= 15 is 0 Å². The molecular formula is C12H17NS. The summed E-state index contributed by atoms with van der Waals surface area (Å²) in [5.74, 6) is 2.44. The molecule has 0 saturated carbocycles. The molecule has 76 valence electrons. The van der Waals surface area contributed by atoms with Gasteiger partial charge in [0.2, 0.25) is 0 Å². The van der Waals surface area contributed by atoms with Gasteiger partial charge in [0.15, 0.2) is 0 Å². The Morgan fingerprint density at radius 3 is 3.07 bits per heavy atom. The Morgan fingerprint density at radius 2 is 2.29 bits per heavy atom. The van der Waals surface area contributed by atoms with E-state index < -0.39 is 0 Å². The molecule has 0 spiro atoms. The van der Waals surface area contributed by atoms with Crippen LogP contribution in [0.5, 0.6) is 0 Å². The Labute approximate surface area is 90.3 Å². The average Bonchev–Trinajstić information content (AvgIpc) is 2.39. The van der Waals surface area contributed by atoms with Crippen LogP contribution in [-0.2, 0) is 5.75 Å². The molecule has 0 radical (unpaired) electrons. The standard InChI is InChI=1S/C12H17NS/c1-9-3-4-10-8-14-6-5-12(13-2)11(10)7-9/h3-4,7,12-13H,5-6,8H2,1-2H3. The summed E-state index contributed by atoms with van der Waals surface area (Å²) in [6.45, 7) is 2.17. The lowest BCUT2D eigenvalue weighted by Gasteiger charge is -2.16. The van der Waals surface area contributed by atoms with Gasteiger partial charge in [0.25, 0.3) is 0 Å². The van der Waals surface area contributed by atoms with Crippen LogP contribution < -0.4 is 5.32 Å². The van der Waals surface area contributed by atoms with Crippen molar-refractivity contribution in [2.45, 2.75) is 25.1 Å². The summed E-state index contributed by atoms with van der Waals surface area (Å²) in [4.78, 5) is 0. The first-order chi connectivity index (χ1) is 6.81. The molecule has 1 aromatic carbocycles. The Bertz CT molecular complexity index is 322. The fourth-order valence-electron chi connectivity index (χ4n) is 2.01. The second kappa shape index (κ2) is 4.37. The summed E-state index contributed by atoms with van der Waals surface area (Å²) in [6, 6.07) is 7.40. The first-order valence-electron chi connectivity index (χ1n) is 5.15. The van der Waals surface area contributed by atoms with E-state index in [0.29, 0.717) is 6.04 Å². The smallest absolute Gasteiger partial charge is 0.0328 e. The summed E-state index contributed by atoms with van der Waals surface area (Å²) in [5.41, 5.74) is 4.39. The third kappa shape index (κ3) is 1.96. The molecule has 14 heavy (non-hydrogen) atoms. The van der Waals surface area contributed by atoms with E-state index in [-0.39, 0.29) is 0 Å². The maximum Gasteiger partial charge on any atom is 0.0328 e. The van der Waals surface area contributed by atoms with E-state index in [4.69, 9.17) is 0 Å². The third-order valence-corrected chi connectivity index (χ3v) is 3.87. The molecule has 0 amide bonds. The van der Waals surface area contributed by atoms with Crippen LogP contribution >= 0.6 is 11.8 Å². The van der Waals surface area contributed by atoms with Crippen molar-refractivity contribution in [3.8, 4) is 0 Å². The first kappa shape index (κ1) is 10.1. The summed E-state index contributed by atoms with van der Waals surface area (Å²) in [5, 5.41) is 3.41. The van der Waals surface area contributed by atoms with Gasteiger partial charge in [0.1, 0.15) is 0 Å². The molecule has 1 aliphatic heterocycles. The van der Waals surface area contributed by atoms with Gasteiger partial charge in [0.05, 0.1) is 0 Å². The second-order valence-corrected chi connectivity index (χ2v) is 4.99. The highest BCUT2D eigenvalue weighted by molar-refractivity contribution is 7.98. The number of fused-ring (bicyclic) bond motifs is 1. The molecule has 1 heterocycles. The van der Waals surface area contributed by atoms with Gasteiger partial charge in [-0.2, -0.15) is 11.8 Å². The topological polar surface area (TPSA) is 12.0 Å². The number of hydrogen-bond donors (Lipinski definition) is 1. The first-order valence-corrected chi connectivity index (χ1v) is 6.31. The summed E-state index contributed by atoms with van der Waals surface area (Å²) in [6.07, 6.45) is 1.25. The minimum atomic E-state index is 0.555. The fourth-order valence-corrected chi connectivity index (χ4v) is 3.04. The molecule has 0 fully saturated rings. The maximum atomic E-state index is 3.41. The molecule has 2 heteroatoms. The van der Waals surface area contributed by atoms with Crippen LogP contribution in [-0.4, -0.2) is 12.8 Å². The molecule has 1 unspecified atom stereocenters. The van der Waals surface area contributed by atoms with Crippen molar-refractivity contribution in [3.63, 3.8) is 0 Å². The number of benzene rings is 1. The van der Waals surface area contributed by atoms with Crippen LogP contribution in [0.4, 0.5) is 0 Å². The van der Waals surface area contributed by atoms with Crippen molar-refractivity contribution in [1.29, 1.82) is 0 Å². The monoisotopic (exact) mass is 207 g/mol. The van der Waals surface area contributed by atoms with Crippen molar-refractivity contribution >= 4 is 11.8 Å². The second-order valence-electron chi connectivity index (χ2n) is 3.88. The van der Waals surface area contributed by atoms with E-state index in [9.17, 15) is 0 Å². The van der Waals surface area contributed by atoms with Gasteiger partial charge in [0, 0.05) is 11.8 Å². The van der Waals surface area contributed by atoms with Crippen molar-refractivity contribution < 1.29 is 0 Å². The van der Waals surface area contributed by atoms with Gasteiger partial charge in [-0.15, -0.1) is 0 Å². The number of aryl methyl sites for hydroxylation is 1. The SMILES string of the molecule is CNC1CCSCc2ccc(C)cc21. The Kier molecular flexibility index (Phi) is 3.14. The highest BCUT2D eigenvalue weighted by atomic mass is 32.2. The van der Waals surface area contributed by atoms with E-state index in [1.54, 1.807) is 0 Å². The van der Waals surface area contributed by atoms with Crippen molar-refractivity contribution in [1.82, 2.24) is 5.32 Å². The van der Waals surface area contributed by atoms with Crippen LogP contribution in [0.3, 0.4) is 0 Å². The van der Waals surface area contributed by atoms with Crippen molar-refractivity contribution in [2.75, 3.05) is 12.8 Å². The average molecular weight is 207 g/mol. The lowest BCUT2D eigenvalue weighted by atomic mass is 9.97. The zero-order valence-corrected chi connectivity index (χ0v) is 9.66. The number of rotatable bonds is 1. The largest absolute Gasteiger partial charge is 0.313 e. The van der Waals surface area contributed by atoms with Gasteiger partial charge in [-0.05, 0) is 37.3 Å².